The molecule has 2 unspecified atom stereocenters. The molecule has 0 aliphatic carbocycles. The van der Waals surface area contributed by atoms with Gasteiger partial charge in [-0.2, -0.15) is 11.8 Å². The van der Waals surface area contributed by atoms with Crippen LogP contribution in [0.15, 0.2) is 0 Å². The molecule has 1 aliphatic rings. The Balaban J connectivity index is 2.06. The van der Waals surface area contributed by atoms with Crippen LogP contribution in [-0.2, 0) is 9.47 Å². The minimum absolute atomic E-state index is 0.0162. The van der Waals surface area contributed by atoms with E-state index >= 15 is 0 Å². The van der Waals surface area contributed by atoms with Gasteiger partial charge in [-0.05, 0) is 12.7 Å². The molecule has 0 aromatic rings. The normalized spacial score (nSPS) is 33.0. The Morgan fingerprint density at radius 1 is 1.60 bits per heavy atom. The summed E-state index contributed by atoms with van der Waals surface area (Å²) in [4.78, 5) is 0. The van der Waals surface area contributed by atoms with Gasteiger partial charge in [-0.25, -0.2) is 0 Å². The van der Waals surface area contributed by atoms with E-state index in [4.69, 9.17) is 9.47 Å². The molecule has 2 nitrogen and oxygen atoms in total. The zero-order valence-electron chi connectivity index (χ0n) is 6.50. The SMILES string of the molecule is CCSCC1COC(C)O1. The Kier molecular flexibility index (Phi) is 3.52. The van der Waals surface area contributed by atoms with E-state index in [9.17, 15) is 0 Å². The van der Waals surface area contributed by atoms with Crippen LogP contribution in [0.5, 0.6) is 0 Å². The molecule has 1 saturated heterocycles. The summed E-state index contributed by atoms with van der Waals surface area (Å²) < 4.78 is 10.6. The highest BCUT2D eigenvalue weighted by Gasteiger charge is 2.21. The highest BCUT2D eigenvalue weighted by atomic mass is 32.2. The van der Waals surface area contributed by atoms with Crippen molar-refractivity contribution in [2.75, 3.05) is 18.1 Å². The molecular formula is C7H14O2S. The van der Waals surface area contributed by atoms with Crippen LogP contribution in [0, 0.1) is 0 Å². The molecule has 0 bridgehead atoms. The number of hydrogen-bond acceptors (Lipinski definition) is 3. The molecule has 0 amide bonds. The minimum atomic E-state index is 0.0162. The van der Waals surface area contributed by atoms with Gasteiger partial charge in [0.15, 0.2) is 6.29 Å². The number of rotatable bonds is 3. The van der Waals surface area contributed by atoms with Crippen LogP contribution >= 0.6 is 11.8 Å². The van der Waals surface area contributed by atoms with E-state index < -0.39 is 0 Å². The molecule has 1 rings (SSSR count). The molecule has 10 heavy (non-hydrogen) atoms. The van der Waals surface area contributed by atoms with Crippen LogP contribution in [0.4, 0.5) is 0 Å². The van der Waals surface area contributed by atoms with Crippen LogP contribution < -0.4 is 0 Å². The van der Waals surface area contributed by atoms with Gasteiger partial charge in [0.25, 0.3) is 0 Å². The Morgan fingerprint density at radius 3 is 2.90 bits per heavy atom. The third-order valence-electron chi connectivity index (χ3n) is 1.41. The van der Waals surface area contributed by atoms with E-state index in [1.165, 1.54) is 0 Å². The van der Waals surface area contributed by atoms with E-state index in [2.05, 4.69) is 6.92 Å². The third-order valence-corrected chi connectivity index (χ3v) is 2.42. The van der Waals surface area contributed by atoms with Crippen molar-refractivity contribution in [1.82, 2.24) is 0 Å². The van der Waals surface area contributed by atoms with E-state index in [-0.39, 0.29) is 6.29 Å². The quantitative estimate of drug-likeness (QED) is 0.626. The first-order valence-corrected chi connectivity index (χ1v) is 4.83. The molecule has 0 saturated carbocycles. The lowest BCUT2D eigenvalue weighted by molar-refractivity contribution is -0.0382. The molecule has 0 aromatic heterocycles. The largest absolute Gasteiger partial charge is 0.350 e. The average molecular weight is 162 g/mol. The molecule has 1 aliphatic heterocycles. The van der Waals surface area contributed by atoms with Crippen LogP contribution in [0.3, 0.4) is 0 Å². The van der Waals surface area contributed by atoms with Gasteiger partial charge in [0.1, 0.15) is 0 Å². The molecule has 60 valence electrons. The lowest BCUT2D eigenvalue weighted by Crippen LogP contribution is -2.13. The van der Waals surface area contributed by atoms with Gasteiger partial charge in [-0.3, -0.25) is 0 Å². The van der Waals surface area contributed by atoms with Crippen molar-refractivity contribution in [3.8, 4) is 0 Å². The monoisotopic (exact) mass is 162 g/mol. The second-order valence-electron chi connectivity index (χ2n) is 2.32. The van der Waals surface area contributed by atoms with E-state index in [0.717, 1.165) is 18.1 Å². The zero-order chi connectivity index (χ0) is 7.40. The highest BCUT2D eigenvalue weighted by Crippen LogP contribution is 2.14. The predicted octanol–water partition coefficient (Wildman–Crippen LogP) is 1.50. The summed E-state index contributed by atoms with van der Waals surface area (Å²) in [6, 6.07) is 0. The fourth-order valence-corrected chi connectivity index (χ4v) is 1.60. The molecule has 1 heterocycles. The van der Waals surface area contributed by atoms with Crippen LogP contribution in [0.1, 0.15) is 13.8 Å². The Labute approximate surface area is 66.3 Å². The lowest BCUT2D eigenvalue weighted by atomic mass is 10.4. The first-order chi connectivity index (χ1) is 4.83. The zero-order valence-corrected chi connectivity index (χ0v) is 7.32. The van der Waals surface area contributed by atoms with Gasteiger partial charge in [-0.15, -0.1) is 0 Å². The maximum absolute atomic E-state index is 5.42. The number of thioether (sulfide) groups is 1. The molecule has 0 aromatic carbocycles. The van der Waals surface area contributed by atoms with Crippen molar-refractivity contribution in [2.45, 2.75) is 26.2 Å². The minimum Gasteiger partial charge on any atom is -0.350 e. The van der Waals surface area contributed by atoms with Crippen molar-refractivity contribution in [1.29, 1.82) is 0 Å². The summed E-state index contributed by atoms with van der Waals surface area (Å²) in [5.74, 6) is 2.23. The van der Waals surface area contributed by atoms with Crippen LogP contribution in [0.25, 0.3) is 0 Å². The molecule has 0 N–H and O–H groups in total. The van der Waals surface area contributed by atoms with Crippen LogP contribution in [0.2, 0.25) is 0 Å². The van der Waals surface area contributed by atoms with Gasteiger partial charge in [0, 0.05) is 5.75 Å². The number of hydrogen-bond donors (Lipinski definition) is 0. The van der Waals surface area contributed by atoms with Gasteiger partial charge < -0.3 is 9.47 Å². The molecule has 0 radical (unpaired) electrons. The predicted molar refractivity (Wildman–Crippen MR) is 43.3 cm³/mol. The molecule has 3 heteroatoms. The van der Waals surface area contributed by atoms with E-state index in [0.29, 0.717) is 6.10 Å². The van der Waals surface area contributed by atoms with E-state index in [1.807, 2.05) is 18.7 Å². The molecule has 2 atom stereocenters. The summed E-state index contributed by atoms with van der Waals surface area (Å²) in [6.07, 6.45) is 0.349. The Bertz CT molecular complexity index is 97.6. The fourth-order valence-electron chi connectivity index (χ4n) is 0.929. The fraction of sp³-hybridized carbons (Fsp3) is 1.00. The first-order valence-electron chi connectivity index (χ1n) is 3.67. The van der Waals surface area contributed by atoms with Crippen molar-refractivity contribution < 1.29 is 9.47 Å². The van der Waals surface area contributed by atoms with Crippen molar-refractivity contribution >= 4 is 11.8 Å². The first kappa shape index (κ1) is 8.37. The third kappa shape index (κ3) is 2.48. The Hall–Kier alpha value is 0.270. The van der Waals surface area contributed by atoms with Crippen LogP contribution in [-0.4, -0.2) is 30.5 Å². The summed E-state index contributed by atoms with van der Waals surface area (Å²) in [7, 11) is 0. The lowest BCUT2D eigenvalue weighted by Gasteiger charge is -2.05. The molecule has 1 fully saturated rings. The van der Waals surface area contributed by atoms with Crippen molar-refractivity contribution in [3.05, 3.63) is 0 Å². The van der Waals surface area contributed by atoms with Gasteiger partial charge in [-0.1, -0.05) is 6.92 Å². The topological polar surface area (TPSA) is 18.5 Å². The maximum atomic E-state index is 5.42. The summed E-state index contributed by atoms with van der Waals surface area (Å²) in [6.45, 7) is 4.87. The second kappa shape index (κ2) is 4.21. The van der Waals surface area contributed by atoms with Crippen molar-refractivity contribution in [2.24, 2.45) is 0 Å². The van der Waals surface area contributed by atoms with E-state index in [1.54, 1.807) is 0 Å². The summed E-state index contributed by atoms with van der Waals surface area (Å²) >= 11 is 1.90. The maximum Gasteiger partial charge on any atom is 0.155 e. The summed E-state index contributed by atoms with van der Waals surface area (Å²) in [5.41, 5.74) is 0. The van der Waals surface area contributed by atoms with Crippen molar-refractivity contribution in [3.63, 3.8) is 0 Å². The smallest absolute Gasteiger partial charge is 0.155 e. The average Bonchev–Trinajstić information content (AvgIpc) is 2.31. The summed E-state index contributed by atoms with van der Waals surface area (Å²) in [5, 5.41) is 0. The second-order valence-corrected chi connectivity index (χ2v) is 3.64. The standard InChI is InChI=1S/C7H14O2S/c1-3-10-5-7-4-8-6(2)9-7/h6-7H,3-5H2,1-2H3. The molecule has 0 spiro atoms. The van der Waals surface area contributed by atoms with Gasteiger partial charge in [0.05, 0.1) is 12.7 Å². The highest BCUT2D eigenvalue weighted by molar-refractivity contribution is 7.99. The van der Waals surface area contributed by atoms with Gasteiger partial charge >= 0.3 is 0 Å². The Morgan fingerprint density at radius 2 is 2.40 bits per heavy atom. The molecular weight excluding hydrogens is 148 g/mol. The number of ether oxygens (including phenoxy) is 2. The van der Waals surface area contributed by atoms with Gasteiger partial charge in [0.2, 0.25) is 0 Å².